The molecule has 0 saturated heterocycles. The number of rotatable bonds is 11. The molecule has 2 aromatic rings. The van der Waals surface area contributed by atoms with Gasteiger partial charge in [-0.3, -0.25) is 9.59 Å². The maximum absolute atomic E-state index is 12.3. The highest BCUT2D eigenvalue weighted by Crippen LogP contribution is 2.18. The molecule has 2 aromatic carbocycles. The molecule has 0 unspecified atom stereocenters. The molecule has 2 rings (SSSR count). The molecule has 0 saturated carbocycles. The fraction of sp³-hybridized carbons (Fsp3) is 0.211. The third kappa shape index (κ3) is 6.70. The van der Waals surface area contributed by atoms with Crippen molar-refractivity contribution >= 4 is 28.2 Å². The molecule has 0 aliphatic carbocycles. The van der Waals surface area contributed by atoms with E-state index in [4.69, 9.17) is 9.84 Å². The van der Waals surface area contributed by atoms with Crippen molar-refractivity contribution in [1.82, 2.24) is 10.0 Å². The predicted octanol–water partition coefficient (Wildman–Crippen LogP) is 0.816. The van der Waals surface area contributed by atoms with Crippen LogP contribution in [0, 0.1) is 0 Å². The Morgan fingerprint density at radius 1 is 1.07 bits per heavy atom. The number of carboxylic acid groups (broad SMARTS) is 1. The summed E-state index contributed by atoms with van der Waals surface area (Å²) in [6.45, 7) is -0.0915. The van der Waals surface area contributed by atoms with E-state index in [0.29, 0.717) is 6.29 Å². The molecule has 9 nitrogen and oxygen atoms in total. The van der Waals surface area contributed by atoms with Crippen LogP contribution in [-0.4, -0.2) is 50.9 Å². The van der Waals surface area contributed by atoms with Gasteiger partial charge in [0.05, 0.1) is 22.9 Å². The van der Waals surface area contributed by atoms with Crippen molar-refractivity contribution in [3.8, 4) is 5.75 Å². The van der Waals surface area contributed by atoms with Crippen molar-refractivity contribution in [2.24, 2.45) is 0 Å². The van der Waals surface area contributed by atoms with E-state index in [0.717, 1.165) is 0 Å². The van der Waals surface area contributed by atoms with Crippen LogP contribution in [0.25, 0.3) is 0 Å². The molecular formula is C19H20N2O7S. The van der Waals surface area contributed by atoms with Gasteiger partial charge in [0.25, 0.3) is 5.91 Å². The first kappa shape index (κ1) is 22.1. The summed E-state index contributed by atoms with van der Waals surface area (Å²) in [7, 11) is -3.68. The zero-order chi connectivity index (χ0) is 21.3. The zero-order valence-electron chi connectivity index (χ0n) is 15.3. The average Bonchev–Trinajstić information content (AvgIpc) is 2.71. The van der Waals surface area contributed by atoms with Crippen molar-refractivity contribution in [3.63, 3.8) is 0 Å². The lowest BCUT2D eigenvalue weighted by Crippen LogP contribution is -2.37. The van der Waals surface area contributed by atoms with Crippen LogP contribution in [0.3, 0.4) is 0 Å². The molecule has 0 radical (unpaired) electrons. The first-order valence-corrected chi connectivity index (χ1v) is 10.1. The Kier molecular flexibility index (Phi) is 7.87. The summed E-state index contributed by atoms with van der Waals surface area (Å²) in [5.74, 6) is -1.73. The summed E-state index contributed by atoms with van der Waals surface area (Å²) in [5, 5.41) is 11.1. The van der Waals surface area contributed by atoms with Crippen LogP contribution in [0.5, 0.6) is 5.75 Å². The average molecular weight is 420 g/mol. The Morgan fingerprint density at radius 2 is 1.72 bits per heavy atom. The summed E-state index contributed by atoms with van der Waals surface area (Å²) in [6.07, 6.45) is -0.201. The number of para-hydroxylation sites is 1. The van der Waals surface area contributed by atoms with Gasteiger partial charge < -0.3 is 20.0 Å². The summed E-state index contributed by atoms with van der Waals surface area (Å²) in [6, 6.07) is 12.8. The lowest BCUT2D eigenvalue weighted by Gasteiger charge is -2.14. The van der Waals surface area contributed by atoms with Crippen molar-refractivity contribution in [1.29, 1.82) is 0 Å². The first-order valence-electron chi connectivity index (χ1n) is 8.58. The highest BCUT2D eigenvalue weighted by Gasteiger charge is 2.19. The van der Waals surface area contributed by atoms with Crippen molar-refractivity contribution in [2.75, 3.05) is 13.2 Å². The number of carboxylic acids is 1. The highest BCUT2D eigenvalue weighted by atomic mass is 32.2. The van der Waals surface area contributed by atoms with Crippen LogP contribution in [0.1, 0.15) is 16.8 Å². The third-order valence-corrected chi connectivity index (χ3v) is 5.19. The molecule has 0 spiro atoms. The second-order valence-electron chi connectivity index (χ2n) is 5.87. The lowest BCUT2D eigenvalue weighted by atomic mass is 10.1. The minimum Gasteiger partial charge on any atom is -0.491 e. The number of aliphatic carboxylic acids is 1. The van der Waals surface area contributed by atoms with Crippen molar-refractivity contribution in [3.05, 3.63) is 60.2 Å². The molecule has 0 bridgehead atoms. The van der Waals surface area contributed by atoms with Crippen LogP contribution < -0.4 is 14.8 Å². The normalized spacial score (nSPS) is 12.0. The molecule has 3 N–H and O–H groups in total. The van der Waals surface area contributed by atoms with Crippen molar-refractivity contribution in [2.45, 2.75) is 17.4 Å². The Morgan fingerprint density at radius 3 is 2.38 bits per heavy atom. The van der Waals surface area contributed by atoms with Crippen LogP contribution in [-0.2, 0) is 19.6 Å². The molecule has 1 amide bonds. The molecule has 10 heteroatoms. The Bertz CT molecular complexity index is 962. The van der Waals surface area contributed by atoms with Crippen molar-refractivity contribution < 1.29 is 32.6 Å². The number of carbonyl (C=O) groups excluding carboxylic acids is 2. The smallest absolute Gasteiger partial charge is 0.305 e. The molecule has 0 aromatic heterocycles. The van der Waals surface area contributed by atoms with Gasteiger partial charge in [-0.15, -0.1) is 0 Å². The number of nitrogens with one attached hydrogen (secondary N) is 2. The molecule has 29 heavy (non-hydrogen) atoms. The number of carbonyl (C=O) groups is 3. The number of amides is 1. The van der Waals surface area contributed by atoms with E-state index in [1.54, 1.807) is 30.3 Å². The zero-order valence-corrected chi connectivity index (χ0v) is 16.1. The van der Waals surface area contributed by atoms with E-state index in [1.807, 2.05) is 0 Å². The van der Waals surface area contributed by atoms with Gasteiger partial charge in [-0.2, -0.15) is 0 Å². The van der Waals surface area contributed by atoms with Gasteiger partial charge in [-0.25, -0.2) is 13.1 Å². The fourth-order valence-electron chi connectivity index (χ4n) is 2.37. The second kappa shape index (κ2) is 10.3. The number of ether oxygens (including phenoxy) is 1. The van der Waals surface area contributed by atoms with Crippen LogP contribution in [0.2, 0.25) is 0 Å². The van der Waals surface area contributed by atoms with Gasteiger partial charge in [0.1, 0.15) is 18.6 Å². The standard InChI is InChI=1S/C19H20N2O7S/c22-13-14(12-18(23)24)21-19(25)16-8-4-5-9-17(16)28-11-10-20-29(26,27)15-6-2-1-3-7-15/h1-9,13-14,20H,10-12H2,(H,21,25)(H,23,24)/t14-/m0/s1. The second-order valence-corrected chi connectivity index (χ2v) is 7.64. The van der Waals surface area contributed by atoms with Crippen LogP contribution in [0.4, 0.5) is 0 Å². The summed E-state index contributed by atoms with van der Waals surface area (Å²) in [4.78, 5) is 34.1. The first-order chi connectivity index (χ1) is 13.8. The number of aldehydes is 1. The number of benzene rings is 2. The SMILES string of the molecule is O=C[C@H](CC(=O)O)NC(=O)c1ccccc1OCCNS(=O)(=O)c1ccccc1. The van der Waals surface area contributed by atoms with Gasteiger partial charge in [0.2, 0.25) is 10.0 Å². The quantitative estimate of drug-likeness (QED) is 0.361. The van der Waals surface area contributed by atoms with Gasteiger partial charge in [0.15, 0.2) is 0 Å². The lowest BCUT2D eigenvalue weighted by molar-refractivity contribution is -0.138. The predicted molar refractivity (Wildman–Crippen MR) is 103 cm³/mol. The van der Waals surface area contributed by atoms with E-state index in [9.17, 15) is 22.8 Å². The van der Waals surface area contributed by atoms with E-state index >= 15 is 0 Å². The monoisotopic (exact) mass is 420 g/mol. The molecule has 0 heterocycles. The Hall–Kier alpha value is -3.24. The number of sulfonamides is 1. The van der Waals surface area contributed by atoms with Gasteiger partial charge in [-0.05, 0) is 24.3 Å². The topological polar surface area (TPSA) is 139 Å². The molecular weight excluding hydrogens is 400 g/mol. The van der Waals surface area contributed by atoms with E-state index < -0.39 is 34.4 Å². The van der Waals surface area contributed by atoms with Gasteiger partial charge in [-0.1, -0.05) is 30.3 Å². The van der Waals surface area contributed by atoms with E-state index in [2.05, 4.69) is 10.0 Å². The number of hydrogen-bond acceptors (Lipinski definition) is 6. The molecule has 0 aliphatic rings. The van der Waals surface area contributed by atoms with Gasteiger partial charge >= 0.3 is 5.97 Å². The van der Waals surface area contributed by atoms with Crippen LogP contribution >= 0.6 is 0 Å². The summed E-state index contributed by atoms with van der Waals surface area (Å²) in [5.41, 5.74) is 0.0932. The maximum atomic E-state index is 12.3. The van der Waals surface area contributed by atoms with E-state index in [-0.39, 0.29) is 29.4 Å². The molecule has 0 aliphatic heterocycles. The van der Waals surface area contributed by atoms with E-state index in [1.165, 1.54) is 24.3 Å². The Labute approximate surface area is 167 Å². The highest BCUT2D eigenvalue weighted by molar-refractivity contribution is 7.89. The molecule has 154 valence electrons. The molecule has 0 fully saturated rings. The summed E-state index contributed by atoms with van der Waals surface area (Å²) < 4.78 is 32.2. The summed E-state index contributed by atoms with van der Waals surface area (Å²) >= 11 is 0. The van der Waals surface area contributed by atoms with Gasteiger partial charge in [0, 0.05) is 6.54 Å². The minimum absolute atomic E-state index is 0.0385. The Balaban J connectivity index is 1.96. The largest absolute Gasteiger partial charge is 0.491 e. The third-order valence-electron chi connectivity index (χ3n) is 3.71. The number of hydrogen-bond donors (Lipinski definition) is 3. The van der Waals surface area contributed by atoms with Crippen LogP contribution in [0.15, 0.2) is 59.5 Å². The maximum Gasteiger partial charge on any atom is 0.305 e. The fourth-order valence-corrected chi connectivity index (χ4v) is 3.40. The molecule has 1 atom stereocenters. The minimum atomic E-state index is -3.68.